The van der Waals surface area contributed by atoms with Crippen LogP contribution < -0.4 is 0 Å². The first-order valence-electron chi connectivity index (χ1n) is 6.93. The van der Waals surface area contributed by atoms with Crippen molar-refractivity contribution >= 4 is 51.6 Å². The maximum absolute atomic E-state index is 12.3. The molecule has 0 spiro atoms. The van der Waals surface area contributed by atoms with Gasteiger partial charge in [-0.2, -0.15) is 0 Å². The Morgan fingerprint density at radius 3 is 2.29 bits per heavy atom. The Morgan fingerprint density at radius 1 is 1.14 bits per heavy atom. The standard InChI is InChI=1S/C15H22I2N2O2/c1-12(2)13-4-6-14(7-5-13)15(20)19(17)9-8-18(16)10-11-21-3/h4-7,12H,8-11H2,1-3H3. The second kappa shape index (κ2) is 9.96. The fourth-order valence-electron chi connectivity index (χ4n) is 1.75. The number of amides is 1. The van der Waals surface area contributed by atoms with Crippen molar-refractivity contribution in [1.29, 1.82) is 0 Å². The number of methoxy groups -OCH3 is 1. The van der Waals surface area contributed by atoms with Gasteiger partial charge in [0.2, 0.25) is 0 Å². The van der Waals surface area contributed by atoms with E-state index in [-0.39, 0.29) is 5.91 Å². The average molecular weight is 516 g/mol. The molecule has 0 aromatic heterocycles. The molecule has 0 N–H and O–H groups in total. The molecule has 1 aromatic carbocycles. The van der Waals surface area contributed by atoms with E-state index in [4.69, 9.17) is 4.74 Å². The summed E-state index contributed by atoms with van der Waals surface area (Å²) in [5.74, 6) is 0.542. The third-order valence-electron chi connectivity index (χ3n) is 3.12. The van der Waals surface area contributed by atoms with Gasteiger partial charge in [-0.3, -0.25) is 7.91 Å². The summed E-state index contributed by atoms with van der Waals surface area (Å²) in [5, 5.41) is 0. The molecular formula is C15H22I2N2O2. The molecule has 0 bridgehead atoms. The van der Waals surface area contributed by atoms with Crippen molar-refractivity contribution in [3.8, 4) is 0 Å². The van der Waals surface area contributed by atoms with Crippen LogP contribution in [0.15, 0.2) is 24.3 Å². The maximum atomic E-state index is 12.3. The summed E-state index contributed by atoms with van der Waals surface area (Å²) in [5.41, 5.74) is 2.00. The molecule has 0 atom stereocenters. The summed E-state index contributed by atoms with van der Waals surface area (Å²) < 4.78 is 8.90. The lowest BCUT2D eigenvalue weighted by atomic mass is 10.0. The van der Waals surface area contributed by atoms with E-state index in [1.807, 2.05) is 24.3 Å². The highest BCUT2D eigenvalue weighted by atomic mass is 127. The Morgan fingerprint density at radius 2 is 1.76 bits per heavy atom. The molecule has 0 unspecified atom stereocenters. The van der Waals surface area contributed by atoms with Gasteiger partial charge in [-0.1, -0.05) is 26.0 Å². The third-order valence-corrected chi connectivity index (χ3v) is 5.01. The predicted molar refractivity (Wildman–Crippen MR) is 103 cm³/mol. The maximum Gasteiger partial charge on any atom is 0.262 e. The molecule has 0 saturated carbocycles. The monoisotopic (exact) mass is 516 g/mol. The molecule has 1 amide bonds. The van der Waals surface area contributed by atoms with Crippen molar-refractivity contribution < 1.29 is 9.53 Å². The number of nitrogens with zero attached hydrogens (tertiary/aromatic N) is 2. The van der Waals surface area contributed by atoms with Crippen molar-refractivity contribution in [3.05, 3.63) is 35.4 Å². The van der Waals surface area contributed by atoms with Gasteiger partial charge in [-0.25, -0.2) is 3.11 Å². The van der Waals surface area contributed by atoms with E-state index in [1.54, 1.807) is 10.2 Å². The Hall–Kier alpha value is 0.0700. The lowest BCUT2D eigenvalue weighted by Crippen LogP contribution is -2.30. The van der Waals surface area contributed by atoms with Gasteiger partial charge in [0, 0.05) is 55.2 Å². The Labute approximate surface area is 155 Å². The van der Waals surface area contributed by atoms with Crippen LogP contribution in [0, 0.1) is 0 Å². The number of ether oxygens (including phenoxy) is 1. The van der Waals surface area contributed by atoms with Gasteiger partial charge in [0.05, 0.1) is 29.5 Å². The van der Waals surface area contributed by atoms with E-state index in [0.29, 0.717) is 19.1 Å². The summed E-state index contributed by atoms with van der Waals surface area (Å²) in [7, 11) is 1.69. The second-order valence-electron chi connectivity index (χ2n) is 5.07. The van der Waals surface area contributed by atoms with E-state index in [2.05, 4.69) is 62.7 Å². The number of carbonyl (C=O) groups is 1. The van der Waals surface area contributed by atoms with Crippen LogP contribution in [0.3, 0.4) is 0 Å². The minimum atomic E-state index is 0.0578. The van der Waals surface area contributed by atoms with Crippen LogP contribution in [0.2, 0.25) is 0 Å². The van der Waals surface area contributed by atoms with Crippen LogP contribution in [-0.4, -0.2) is 45.5 Å². The molecule has 6 heteroatoms. The molecule has 118 valence electrons. The fourth-order valence-corrected chi connectivity index (χ4v) is 2.66. The topological polar surface area (TPSA) is 32.8 Å². The smallest absolute Gasteiger partial charge is 0.262 e. The lowest BCUT2D eigenvalue weighted by molar-refractivity contribution is 0.0885. The number of benzene rings is 1. The highest BCUT2D eigenvalue weighted by Gasteiger charge is 2.14. The van der Waals surface area contributed by atoms with E-state index in [1.165, 1.54) is 5.56 Å². The summed E-state index contributed by atoms with van der Waals surface area (Å²) in [6.07, 6.45) is 0. The molecule has 0 aliphatic heterocycles. The molecule has 1 aromatic rings. The zero-order valence-electron chi connectivity index (χ0n) is 12.7. The second-order valence-corrected chi connectivity index (χ2v) is 7.60. The molecule has 21 heavy (non-hydrogen) atoms. The first kappa shape index (κ1) is 19.1. The zero-order chi connectivity index (χ0) is 15.8. The predicted octanol–water partition coefficient (Wildman–Crippen LogP) is 3.90. The SMILES string of the molecule is COCCN(I)CCN(I)C(=O)c1ccc(C(C)C)cc1. The van der Waals surface area contributed by atoms with Crippen LogP contribution in [-0.2, 0) is 4.74 Å². The molecule has 0 heterocycles. The molecule has 4 nitrogen and oxygen atoms in total. The third kappa shape index (κ3) is 6.79. The van der Waals surface area contributed by atoms with Crippen molar-refractivity contribution in [2.45, 2.75) is 19.8 Å². The quantitative estimate of drug-likeness (QED) is 0.389. The van der Waals surface area contributed by atoms with Crippen molar-refractivity contribution in [1.82, 2.24) is 6.23 Å². The molecular weight excluding hydrogens is 494 g/mol. The van der Waals surface area contributed by atoms with Gasteiger partial charge in [-0.15, -0.1) is 0 Å². The van der Waals surface area contributed by atoms with Crippen LogP contribution >= 0.6 is 45.7 Å². The normalized spacial score (nSPS) is 11.2. The summed E-state index contributed by atoms with van der Waals surface area (Å²) in [6.45, 7) is 7.38. The summed E-state index contributed by atoms with van der Waals surface area (Å²) in [4.78, 5) is 12.3. The highest BCUT2D eigenvalue weighted by Crippen LogP contribution is 2.17. The molecule has 0 radical (unpaired) electrons. The van der Waals surface area contributed by atoms with Crippen LogP contribution in [0.25, 0.3) is 0 Å². The molecule has 1 rings (SSSR count). The largest absolute Gasteiger partial charge is 0.383 e. The number of halogens is 2. The summed E-state index contributed by atoms with van der Waals surface area (Å²) >= 11 is 4.35. The Kier molecular flexibility index (Phi) is 9.07. The van der Waals surface area contributed by atoms with Crippen molar-refractivity contribution in [2.24, 2.45) is 0 Å². The van der Waals surface area contributed by atoms with Crippen molar-refractivity contribution in [3.63, 3.8) is 0 Å². The van der Waals surface area contributed by atoms with E-state index in [0.717, 1.165) is 18.7 Å². The van der Waals surface area contributed by atoms with Crippen LogP contribution in [0.5, 0.6) is 0 Å². The Balaban J connectivity index is 2.50. The number of rotatable bonds is 8. The number of hydrogen-bond donors (Lipinski definition) is 0. The molecule has 0 fully saturated rings. The van der Waals surface area contributed by atoms with Crippen LogP contribution in [0.1, 0.15) is 35.7 Å². The lowest BCUT2D eigenvalue weighted by Gasteiger charge is -2.19. The first-order valence-corrected chi connectivity index (χ1v) is 8.86. The molecule has 0 aliphatic rings. The van der Waals surface area contributed by atoms with Gasteiger partial charge < -0.3 is 4.74 Å². The van der Waals surface area contributed by atoms with Gasteiger partial charge in [0.25, 0.3) is 5.91 Å². The van der Waals surface area contributed by atoms with Gasteiger partial charge in [-0.05, 0) is 23.6 Å². The first-order chi connectivity index (χ1) is 9.95. The Bertz CT molecular complexity index is 438. The fraction of sp³-hybridized carbons (Fsp3) is 0.533. The minimum absolute atomic E-state index is 0.0578. The van der Waals surface area contributed by atoms with E-state index >= 15 is 0 Å². The average Bonchev–Trinajstić information content (AvgIpc) is 2.49. The highest BCUT2D eigenvalue weighted by molar-refractivity contribution is 14.1. The molecule has 0 saturated heterocycles. The van der Waals surface area contributed by atoms with E-state index in [9.17, 15) is 4.79 Å². The molecule has 0 aliphatic carbocycles. The van der Waals surface area contributed by atoms with Crippen LogP contribution in [0.4, 0.5) is 0 Å². The minimum Gasteiger partial charge on any atom is -0.383 e. The van der Waals surface area contributed by atoms with E-state index < -0.39 is 0 Å². The number of hydrogen-bond acceptors (Lipinski definition) is 3. The zero-order valence-corrected chi connectivity index (χ0v) is 17.0. The van der Waals surface area contributed by atoms with Gasteiger partial charge >= 0.3 is 0 Å². The van der Waals surface area contributed by atoms with Crippen molar-refractivity contribution in [2.75, 3.05) is 33.4 Å². The van der Waals surface area contributed by atoms with Gasteiger partial charge in [0.15, 0.2) is 0 Å². The summed E-state index contributed by atoms with van der Waals surface area (Å²) in [6, 6.07) is 7.89. The number of carbonyl (C=O) groups excluding carboxylic acids is 1. The van der Waals surface area contributed by atoms with Gasteiger partial charge in [0.1, 0.15) is 0 Å².